The lowest BCUT2D eigenvalue weighted by Gasteiger charge is -2.23. The number of rotatable bonds is 3. The van der Waals surface area contributed by atoms with Crippen molar-refractivity contribution >= 4 is 5.69 Å². The predicted molar refractivity (Wildman–Crippen MR) is 75.3 cm³/mol. The van der Waals surface area contributed by atoms with Gasteiger partial charge in [0.05, 0.1) is 0 Å². The number of nitrogens with two attached hydrogens (primary N) is 1. The van der Waals surface area contributed by atoms with Gasteiger partial charge in [0.1, 0.15) is 0 Å². The molecule has 18 heavy (non-hydrogen) atoms. The Morgan fingerprint density at radius 2 is 1.78 bits per heavy atom. The van der Waals surface area contributed by atoms with Crippen LogP contribution in [0, 0.1) is 0 Å². The molecular formula is C15H23N3. The van der Waals surface area contributed by atoms with Crippen LogP contribution in [0.3, 0.4) is 0 Å². The number of hydrogen-bond donors (Lipinski definition) is 1. The van der Waals surface area contributed by atoms with Crippen molar-refractivity contribution in [3.63, 3.8) is 0 Å². The van der Waals surface area contributed by atoms with Crippen molar-refractivity contribution in [2.24, 2.45) is 0 Å². The summed E-state index contributed by atoms with van der Waals surface area (Å²) in [5, 5.41) is 0. The van der Waals surface area contributed by atoms with Crippen LogP contribution in [0.15, 0.2) is 24.3 Å². The first-order chi connectivity index (χ1) is 8.81. The minimum atomic E-state index is 0.807. The van der Waals surface area contributed by atoms with Crippen LogP contribution in [-0.2, 0) is 6.54 Å². The number of nitrogens with zero attached hydrogens (tertiary/aromatic N) is 2. The molecule has 2 aliphatic rings. The zero-order valence-corrected chi connectivity index (χ0v) is 11.0. The summed E-state index contributed by atoms with van der Waals surface area (Å²) in [5.41, 5.74) is 7.96. The van der Waals surface area contributed by atoms with Crippen LogP contribution in [0.2, 0.25) is 0 Å². The molecule has 0 aliphatic carbocycles. The molecule has 3 heteroatoms. The summed E-state index contributed by atoms with van der Waals surface area (Å²) in [4.78, 5) is 5.26. The third kappa shape index (κ3) is 2.68. The zero-order chi connectivity index (χ0) is 12.4. The summed E-state index contributed by atoms with van der Waals surface area (Å²) in [7, 11) is 0. The van der Waals surface area contributed by atoms with Gasteiger partial charge in [0, 0.05) is 31.4 Å². The smallest absolute Gasteiger partial charge is 0.0314 e. The minimum Gasteiger partial charge on any atom is -0.399 e. The van der Waals surface area contributed by atoms with E-state index in [0.29, 0.717) is 0 Å². The molecule has 1 atom stereocenters. The first-order valence-electron chi connectivity index (χ1n) is 7.12. The third-order valence-corrected chi connectivity index (χ3v) is 4.29. The molecule has 0 bridgehead atoms. The number of anilines is 1. The Kier molecular flexibility index (Phi) is 3.52. The van der Waals surface area contributed by atoms with Gasteiger partial charge in [-0.2, -0.15) is 0 Å². The first kappa shape index (κ1) is 12.0. The van der Waals surface area contributed by atoms with Gasteiger partial charge in [-0.1, -0.05) is 12.1 Å². The van der Waals surface area contributed by atoms with Crippen molar-refractivity contribution in [1.82, 2.24) is 9.80 Å². The molecule has 1 aromatic carbocycles. The van der Waals surface area contributed by atoms with Gasteiger partial charge in [-0.3, -0.25) is 9.80 Å². The van der Waals surface area contributed by atoms with Gasteiger partial charge in [-0.05, 0) is 50.0 Å². The molecule has 0 radical (unpaired) electrons. The Labute approximate surface area is 110 Å². The summed E-state index contributed by atoms with van der Waals surface area (Å²) in [6.45, 7) is 6.20. The molecule has 0 amide bonds. The quantitative estimate of drug-likeness (QED) is 0.826. The number of benzene rings is 1. The molecule has 2 saturated heterocycles. The lowest BCUT2D eigenvalue weighted by atomic mass is 10.2. The minimum absolute atomic E-state index is 0.807. The maximum Gasteiger partial charge on any atom is 0.0314 e. The standard InChI is InChI=1S/C15H23N3/c16-14-5-3-13(4-6-14)11-17-10-7-15(12-17)18-8-1-2-9-18/h3-6,15H,1-2,7-12,16H2. The lowest BCUT2D eigenvalue weighted by molar-refractivity contribution is 0.230. The van der Waals surface area contributed by atoms with E-state index in [1.54, 1.807) is 0 Å². The van der Waals surface area contributed by atoms with E-state index in [9.17, 15) is 0 Å². The normalized spacial score (nSPS) is 25.9. The number of nitrogen functional groups attached to an aromatic ring is 1. The molecule has 3 rings (SSSR count). The SMILES string of the molecule is Nc1ccc(CN2CCC(N3CCCC3)C2)cc1. The van der Waals surface area contributed by atoms with E-state index in [1.165, 1.54) is 51.0 Å². The van der Waals surface area contributed by atoms with Crippen molar-refractivity contribution in [3.8, 4) is 0 Å². The van der Waals surface area contributed by atoms with Crippen LogP contribution in [0.5, 0.6) is 0 Å². The van der Waals surface area contributed by atoms with Crippen molar-refractivity contribution < 1.29 is 0 Å². The maximum atomic E-state index is 5.72. The Balaban J connectivity index is 1.54. The Morgan fingerprint density at radius 3 is 2.50 bits per heavy atom. The van der Waals surface area contributed by atoms with Gasteiger partial charge >= 0.3 is 0 Å². The van der Waals surface area contributed by atoms with Crippen molar-refractivity contribution in [1.29, 1.82) is 0 Å². The molecule has 3 nitrogen and oxygen atoms in total. The van der Waals surface area contributed by atoms with Crippen molar-refractivity contribution in [2.45, 2.75) is 31.8 Å². The topological polar surface area (TPSA) is 32.5 Å². The highest BCUT2D eigenvalue weighted by Gasteiger charge is 2.28. The molecule has 0 aromatic heterocycles. The highest BCUT2D eigenvalue weighted by molar-refractivity contribution is 5.39. The van der Waals surface area contributed by atoms with Crippen LogP contribution in [0.1, 0.15) is 24.8 Å². The molecule has 2 fully saturated rings. The van der Waals surface area contributed by atoms with Crippen LogP contribution in [0.25, 0.3) is 0 Å². The van der Waals surface area contributed by atoms with Gasteiger partial charge in [-0.15, -0.1) is 0 Å². The summed E-state index contributed by atoms with van der Waals surface area (Å²) in [6.07, 6.45) is 4.14. The van der Waals surface area contributed by atoms with Crippen molar-refractivity contribution in [2.75, 3.05) is 31.9 Å². The van der Waals surface area contributed by atoms with E-state index in [0.717, 1.165) is 18.3 Å². The zero-order valence-electron chi connectivity index (χ0n) is 11.0. The Bertz CT molecular complexity index is 381. The molecule has 98 valence electrons. The van der Waals surface area contributed by atoms with Crippen LogP contribution in [0.4, 0.5) is 5.69 Å². The fourth-order valence-electron chi connectivity index (χ4n) is 3.24. The van der Waals surface area contributed by atoms with Gasteiger partial charge in [0.15, 0.2) is 0 Å². The van der Waals surface area contributed by atoms with E-state index in [2.05, 4.69) is 21.9 Å². The van der Waals surface area contributed by atoms with E-state index in [1.807, 2.05) is 12.1 Å². The van der Waals surface area contributed by atoms with Crippen molar-refractivity contribution in [3.05, 3.63) is 29.8 Å². The second kappa shape index (κ2) is 5.29. The second-order valence-corrected chi connectivity index (χ2v) is 5.66. The summed E-state index contributed by atoms with van der Waals surface area (Å²) < 4.78 is 0. The van der Waals surface area contributed by atoms with E-state index >= 15 is 0 Å². The van der Waals surface area contributed by atoms with E-state index in [4.69, 9.17) is 5.73 Å². The summed E-state index contributed by atoms with van der Waals surface area (Å²) >= 11 is 0. The molecule has 1 unspecified atom stereocenters. The molecule has 0 spiro atoms. The Hall–Kier alpha value is -1.06. The summed E-state index contributed by atoms with van der Waals surface area (Å²) in [5.74, 6) is 0. The Morgan fingerprint density at radius 1 is 1.06 bits per heavy atom. The summed E-state index contributed by atoms with van der Waals surface area (Å²) in [6, 6.07) is 9.12. The fourth-order valence-corrected chi connectivity index (χ4v) is 3.24. The first-order valence-corrected chi connectivity index (χ1v) is 7.12. The molecule has 2 N–H and O–H groups in total. The fraction of sp³-hybridized carbons (Fsp3) is 0.600. The maximum absolute atomic E-state index is 5.72. The van der Waals surface area contributed by atoms with Crippen LogP contribution in [-0.4, -0.2) is 42.0 Å². The number of likely N-dealkylation sites (tertiary alicyclic amines) is 2. The van der Waals surface area contributed by atoms with E-state index in [-0.39, 0.29) is 0 Å². The average Bonchev–Trinajstić information content (AvgIpc) is 3.02. The average molecular weight is 245 g/mol. The van der Waals surface area contributed by atoms with Crippen LogP contribution < -0.4 is 5.73 Å². The van der Waals surface area contributed by atoms with Gasteiger partial charge in [-0.25, -0.2) is 0 Å². The monoisotopic (exact) mass is 245 g/mol. The van der Waals surface area contributed by atoms with E-state index < -0.39 is 0 Å². The predicted octanol–water partition coefficient (Wildman–Crippen LogP) is 1.94. The highest BCUT2D eigenvalue weighted by Crippen LogP contribution is 2.21. The van der Waals surface area contributed by atoms with Gasteiger partial charge < -0.3 is 5.73 Å². The molecule has 2 heterocycles. The third-order valence-electron chi connectivity index (χ3n) is 4.29. The van der Waals surface area contributed by atoms with Crippen LogP contribution >= 0.6 is 0 Å². The second-order valence-electron chi connectivity index (χ2n) is 5.66. The molecule has 2 aliphatic heterocycles. The molecule has 1 aromatic rings. The van der Waals surface area contributed by atoms with Gasteiger partial charge in [0.2, 0.25) is 0 Å². The van der Waals surface area contributed by atoms with Gasteiger partial charge in [0.25, 0.3) is 0 Å². The largest absolute Gasteiger partial charge is 0.399 e. The lowest BCUT2D eigenvalue weighted by Crippen LogP contribution is -2.35. The highest BCUT2D eigenvalue weighted by atomic mass is 15.3. The number of hydrogen-bond acceptors (Lipinski definition) is 3. The molecule has 0 saturated carbocycles. The molecular weight excluding hydrogens is 222 g/mol.